The number of guanidine groups is 1. The Morgan fingerprint density at radius 3 is 2.38 bits per heavy atom. The third-order valence-corrected chi connectivity index (χ3v) is 5.11. The van der Waals surface area contributed by atoms with Crippen molar-refractivity contribution in [2.45, 2.75) is 20.4 Å². The highest BCUT2D eigenvalue weighted by molar-refractivity contribution is 14.0. The van der Waals surface area contributed by atoms with E-state index in [1.807, 2.05) is 31.6 Å². The second-order valence-corrected chi connectivity index (χ2v) is 6.76. The number of anilines is 2. The molecule has 1 saturated heterocycles. The van der Waals surface area contributed by atoms with Gasteiger partial charge in [0.2, 0.25) is 0 Å². The topological polar surface area (TPSA) is 59.9 Å². The first-order chi connectivity index (χ1) is 13.7. The summed E-state index contributed by atoms with van der Waals surface area (Å²) in [5.74, 6) is 3.02. The zero-order valence-electron chi connectivity index (χ0n) is 17.6. The average molecular weight is 509 g/mol. The Morgan fingerprint density at radius 2 is 1.83 bits per heavy atom. The van der Waals surface area contributed by atoms with E-state index < -0.39 is 0 Å². The van der Waals surface area contributed by atoms with Gasteiger partial charge in [0.1, 0.15) is 11.6 Å². The minimum absolute atomic E-state index is 0. The van der Waals surface area contributed by atoms with Crippen LogP contribution in [0.15, 0.2) is 47.7 Å². The number of nitrogens with zero attached hydrogens (tertiary/aromatic N) is 6. The molecule has 0 atom stereocenters. The van der Waals surface area contributed by atoms with E-state index in [2.05, 4.69) is 67.0 Å². The van der Waals surface area contributed by atoms with Crippen LogP contribution in [0.1, 0.15) is 19.4 Å². The molecule has 7 nitrogen and oxygen atoms in total. The molecular formula is C21H32IN7. The number of pyridine rings is 2. The summed E-state index contributed by atoms with van der Waals surface area (Å²) in [6.45, 7) is 10.7. The van der Waals surface area contributed by atoms with Crippen molar-refractivity contribution in [3.8, 4) is 0 Å². The molecule has 1 aliphatic heterocycles. The Kier molecular flexibility index (Phi) is 9.43. The molecule has 0 radical (unpaired) electrons. The van der Waals surface area contributed by atoms with Gasteiger partial charge in [0.05, 0.1) is 0 Å². The molecule has 3 heterocycles. The standard InChI is InChI=1S/C21H31N7.HI/c1-4-26(5-2)20-10-9-18(16-24-20)17-25-21(22-3)28-14-12-27(13-15-28)19-8-6-7-11-23-19;/h6-11,16H,4-5,12-15,17H2,1-3H3,(H,22,25);1H. The van der Waals surface area contributed by atoms with Gasteiger partial charge in [0.25, 0.3) is 0 Å². The molecule has 8 heteroatoms. The second kappa shape index (κ2) is 11.8. The first-order valence-electron chi connectivity index (χ1n) is 10.1. The predicted molar refractivity (Wildman–Crippen MR) is 131 cm³/mol. The largest absolute Gasteiger partial charge is 0.357 e. The van der Waals surface area contributed by atoms with Crippen LogP contribution >= 0.6 is 24.0 Å². The normalized spacial score (nSPS) is 14.4. The lowest BCUT2D eigenvalue weighted by Gasteiger charge is -2.37. The van der Waals surface area contributed by atoms with E-state index in [9.17, 15) is 0 Å². The Hall–Kier alpha value is -2.10. The van der Waals surface area contributed by atoms with Crippen molar-refractivity contribution in [2.24, 2.45) is 4.99 Å². The van der Waals surface area contributed by atoms with E-state index in [1.165, 1.54) is 0 Å². The van der Waals surface area contributed by atoms with Gasteiger partial charge in [0, 0.05) is 65.3 Å². The first kappa shape index (κ1) is 23.2. The number of hydrogen-bond donors (Lipinski definition) is 1. The number of rotatable bonds is 6. The molecule has 0 amide bonds. The summed E-state index contributed by atoms with van der Waals surface area (Å²) in [5, 5.41) is 3.47. The van der Waals surface area contributed by atoms with E-state index in [0.717, 1.165) is 69.0 Å². The van der Waals surface area contributed by atoms with Crippen molar-refractivity contribution < 1.29 is 0 Å². The summed E-state index contributed by atoms with van der Waals surface area (Å²) in [6.07, 6.45) is 3.80. The summed E-state index contributed by atoms with van der Waals surface area (Å²) in [4.78, 5) is 20.4. The predicted octanol–water partition coefficient (Wildman–Crippen LogP) is 2.84. The molecule has 0 unspecified atom stereocenters. The zero-order valence-corrected chi connectivity index (χ0v) is 19.9. The quantitative estimate of drug-likeness (QED) is 0.367. The van der Waals surface area contributed by atoms with Gasteiger partial charge in [0.15, 0.2) is 5.96 Å². The van der Waals surface area contributed by atoms with Crippen molar-refractivity contribution in [3.05, 3.63) is 48.3 Å². The molecule has 0 bridgehead atoms. The fourth-order valence-corrected chi connectivity index (χ4v) is 3.46. The first-order valence-corrected chi connectivity index (χ1v) is 10.1. The van der Waals surface area contributed by atoms with Gasteiger partial charge in [-0.2, -0.15) is 0 Å². The van der Waals surface area contributed by atoms with E-state index in [-0.39, 0.29) is 24.0 Å². The minimum Gasteiger partial charge on any atom is -0.357 e. The summed E-state index contributed by atoms with van der Waals surface area (Å²) in [6, 6.07) is 10.3. The fourth-order valence-electron chi connectivity index (χ4n) is 3.46. The van der Waals surface area contributed by atoms with Gasteiger partial charge in [-0.15, -0.1) is 24.0 Å². The van der Waals surface area contributed by atoms with Crippen molar-refractivity contribution in [3.63, 3.8) is 0 Å². The second-order valence-electron chi connectivity index (χ2n) is 6.76. The van der Waals surface area contributed by atoms with Gasteiger partial charge in [-0.25, -0.2) is 9.97 Å². The number of nitrogens with one attached hydrogen (secondary N) is 1. The summed E-state index contributed by atoms with van der Waals surface area (Å²) in [5.41, 5.74) is 1.16. The highest BCUT2D eigenvalue weighted by Crippen LogP contribution is 2.13. The molecule has 1 N–H and O–H groups in total. The molecule has 0 saturated carbocycles. The number of piperazine rings is 1. The number of halogens is 1. The van der Waals surface area contributed by atoms with Crippen LogP contribution in [0, 0.1) is 0 Å². The van der Waals surface area contributed by atoms with Crippen LogP contribution in [0.3, 0.4) is 0 Å². The van der Waals surface area contributed by atoms with Crippen LogP contribution in [0.5, 0.6) is 0 Å². The third-order valence-electron chi connectivity index (χ3n) is 5.11. The van der Waals surface area contributed by atoms with Crippen LogP contribution in [0.2, 0.25) is 0 Å². The average Bonchev–Trinajstić information content (AvgIpc) is 2.77. The van der Waals surface area contributed by atoms with Crippen LogP contribution in [0.25, 0.3) is 0 Å². The molecule has 0 aromatic carbocycles. The van der Waals surface area contributed by atoms with Gasteiger partial charge < -0.3 is 20.0 Å². The molecule has 3 rings (SSSR count). The molecule has 0 spiro atoms. The van der Waals surface area contributed by atoms with E-state index in [4.69, 9.17) is 0 Å². The van der Waals surface area contributed by atoms with Crippen LogP contribution < -0.4 is 15.1 Å². The minimum atomic E-state index is 0. The summed E-state index contributed by atoms with van der Waals surface area (Å²) >= 11 is 0. The highest BCUT2D eigenvalue weighted by Gasteiger charge is 2.20. The van der Waals surface area contributed by atoms with Gasteiger partial charge in [-0.1, -0.05) is 12.1 Å². The maximum Gasteiger partial charge on any atom is 0.194 e. The van der Waals surface area contributed by atoms with Gasteiger partial charge in [-0.3, -0.25) is 4.99 Å². The van der Waals surface area contributed by atoms with Gasteiger partial charge in [-0.05, 0) is 37.6 Å². The van der Waals surface area contributed by atoms with E-state index in [0.29, 0.717) is 0 Å². The van der Waals surface area contributed by atoms with Crippen LogP contribution in [0.4, 0.5) is 11.6 Å². The molecule has 2 aromatic rings. The van der Waals surface area contributed by atoms with E-state index >= 15 is 0 Å². The lowest BCUT2D eigenvalue weighted by Crippen LogP contribution is -2.52. The maximum atomic E-state index is 4.60. The van der Waals surface area contributed by atoms with Crippen molar-refractivity contribution in [1.29, 1.82) is 0 Å². The summed E-state index contributed by atoms with van der Waals surface area (Å²) in [7, 11) is 1.84. The van der Waals surface area contributed by atoms with Crippen molar-refractivity contribution >= 4 is 41.6 Å². The Bertz CT molecular complexity index is 739. The van der Waals surface area contributed by atoms with Crippen LogP contribution in [-0.4, -0.2) is 67.1 Å². The highest BCUT2D eigenvalue weighted by atomic mass is 127. The smallest absolute Gasteiger partial charge is 0.194 e. The van der Waals surface area contributed by atoms with E-state index in [1.54, 1.807) is 0 Å². The SMILES string of the molecule is CCN(CC)c1ccc(CNC(=NC)N2CCN(c3ccccn3)CC2)cn1.I. The lowest BCUT2D eigenvalue weighted by molar-refractivity contribution is 0.371. The molecule has 2 aromatic heterocycles. The number of aromatic nitrogens is 2. The monoisotopic (exact) mass is 509 g/mol. The zero-order chi connectivity index (χ0) is 19.8. The third kappa shape index (κ3) is 6.19. The summed E-state index contributed by atoms with van der Waals surface area (Å²) < 4.78 is 0. The van der Waals surface area contributed by atoms with Crippen molar-refractivity contribution in [2.75, 3.05) is 56.1 Å². The Balaban J connectivity index is 0.00000300. The molecule has 29 heavy (non-hydrogen) atoms. The molecule has 1 aliphatic rings. The number of aliphatic imine (C=N–C) groups is 1. The number of hydrogen-bond acceptors (Lipinski definition) is 5. The van der Waals surface area contributed by atoms with Crippen LogP contribution in [-0.2, 0) is 6.54 Å². The lowest BCUT2D eigenvalue weighted by atomic mass is 10.2. The molecule has 1 fully saturated rings. The molecule has 0 aliphatic carbocycles. The van der Waals surface area contributed by atoms with Gasteiger partial charge >= 0.3 is 0 Å². The Morgan fingerprint density at radius 1 is 1.07 bits per heavy atom. The molecule has 158 valence electrons. The Labute approximate surface area is 191 Å². The van der Waals surface area contributed by atoms with Crippen molar-refractivity contribution in [1.82, 2.24) is 20.2 Å². The molecular weight excluding hydrogens is 477 g/mol. The maximum absolute atomic E-state index is 4.60. The fraction of sp³-hybridized carbons (Fsp3) is 0.476.